The number of primary amides is 1. The molecule has 0 aliphatic heterocycles. The first-order chi connectivity index (χ1) is 6.70. The van der Waals surface area contributed by atoms with Crippen LogP contribution in [-0.2, 0) is 4.79 Å². The van der Waals surface area contributed by atoms with Crippen LogP contribution in [0, 0.1) is 0 Å². The second-order valence-electron chi connectivity index (χ2n) is 3.14. The van der Waals surface area contributed by atoms with Crippen molar-refractivity contribution < 1.29 is 4.79 Å². The predicted octanol–water partition coefficient (Wildman–Crippen LogP) is 2.36. The summed E-state index contributed by atoms with van der Waals surface area (Å²) in [5.74, 6) is 0.573. The summed E-state index contributed by atoms with van der Waals surface area (Å²) in [6, 6.07) is 10.3. The van der Waals surface area contributed by atoms with Gasteiger partial charge >= 0.3 is 0 Å². The fourth-order valence-electron chi connectivity index (χ4n) is 1.16. The van der Waals surface area contributed by atoms with Gasteiger partial charge in [-0.25, -0.2) is 0 Å². The van der Waals surface area contributed by atoms with Crippen LogP contribution in [0.3, 0.4) is 0 Å². The van der Waals surface area contributed by atoms with E-state index >= 15 is 0 Å². The maximum Gasteiger partial charge on any atom is 0.218 e. The summed E-state index contributed by atoms with van der Waals surface area (Å²) in [6.45, 7) is 2.14. The predicted molar refractivity (Wildman–Crippen MR) is 61.1 cm³/mol. The van der Waals surface area contributed by atoms with Crippen LogP contribution in [-0.4, -0.2) is 11.7 Å². The molecule has 0 aliphatic rings. The number of nitrogens with two attached hydrogens (primary N) is 1. The summed E-state index contributed by atoms with van der Waals surface area (Å²) in [6.07, 6.45) is 0.460. The highest BCUT2D eigenvalue weighted by Crippen LogP contribution is 2.27. The Balaban J connectivity index is 2.36. The normalized spacial score (nSPS) is 12.4. The standard InChI is InChI=1S/C11H15NOS/c1-9(14-8-7-11(12)13)10-5-3-2-4-6-10/h2-6,9H,7-8H2,1H3,(H2,12,13). The van der Waals surface area contributed by atoms with Gasteiger partial charge in [0.2, 0.25) is 5.91 Å². The minimum atomic E-state index is -0.224. The van der Waals surface area contributed by atoms with E-state index in [9.17, 15) is 4.79 Å². The van der Waals surface area contributed by atoms with E-state index in [-0.39, 0.29) is 5.91 Å². The van der Waals surface area contributed by atoms with E-state index in [1.165, 1.54) is 5.56 Å². The molecule has 1 aromatic carbocycles. The first-order valence-corrected chi connectivity index (χ1v) is 5.70. The molecule has 1 aromatic rings. The Kier molecular flexibility index (Phi) is 4.53. The van der Waals surface area contributed by atoms with Crippen LogP contribution >= 0.6 is 11.8 Å². The molecule has 1 unspecified atom stereocenters. The van der Waals surface area contributed by atoms with Gasteiger partial charge in [0.25, 0.3) is 0 Å². The Hall–Kier alpha value is -0.960. The van der Waals surface area contributed by atoms with Crippen molar-refractivity contribution in [2.75, 3.05) is 5.75 Å². The van der Waals surface area contributed by atoms with Gasteiger partial charge in [-0.2, -0.15) is 11.8 Å². The van der Waals surface area contributed by atoms with E-state index in [0.717, 1.165) is 5.75 Å². The van der Waals surface area contributed by atoms with Gasteiger partial charge in [0.15, 0.2) is 0 Å². The van der Waals surface area contributed by atoms with E-state index in [0.29, 0.717) is 11.7 Å². The van der Waals surface area contributed by atoms with Crippen molar-refractivity contribution in [3.63, 3.8) is 0 Å². The number of benzene rings is 1. The Morgan fingerprint density at radius 2 is 2.07 bits per heavy atom. The van der Waals surface area contributed by atoms with Crippen molar-refractivity contribution >= 4 is 17.7 Å². The first-order valence-electron chi connectivity index (χ1n) is 4.65. The Morgan fingerprint density at radius 1 is 1.43 bits per heavy atom. The number of carbonyl (C=O) groups excluding carboxylic acids is 1. The lowest BCUT2D eigenvalue weighted by Crippen LogP contribution is -2.11. The van der Waals surface area contributed by atoms with Crippen LogP contribution in [0.15, 0.2) is 30.3 Å². The molecule has 0 aliphatic carbocycles. The largest absolute Gasteiger partial charge is 0.370 e. The minimum absolute atomic E-state index is 0.224. The molecule has 0 aromatic heterocycles. The van der Waals surface area contributed by atoms with E-state index in [1.807, 2.05) is 18.2 Å². The first kappa shape index (κ1) is 11.1. The second-order valence-corrected chi connectivity index (χ2v) is 4.59. The van der Waals surface area contributed by atoms with Crippen molar-refractivity contribution in [3.8, 4) is 0 Å². The van der Waals surface area contributed by atoms with Gasteiger partial charge in [0.05, 0.1) is 0 Å². The molecule has 0 bridgehead atoms. The van der Waals surface area contributed by atoms with Crippen molar-refractivity contribution in [3.05, 3.63) is 35.9 Å². The van der Waals surface area contributed by atoms with Crippen LogP contribution < -0.4 is 5.73 Å². The maximum absolute atomic E-state index is 10.5. The van der Waals surface area contributed by atoms with Gasteiger partial charge in [-0.3, -0.25) is 4.79 Å². The summed E-state index contributed by atoms with van der Waals surface area (Å²) in [7, 11) is 0. The molecule has 14 heavy (non-hydrogen) atoms. The average molecular weight is 209 g/mol. The monoisotopic (exact) mass is 209 g/mol. The zero-order valence-corrected chi connectivity index (χ0v) is 9.09. The maximum atomic E-state index is 10.5. The summed E-state index contributed by atoms with van der Waals surface area (Å²) in [5, 5.41) is 0.426. The van der Waals surface area contributed by atoms with Gasteiger partial charge in [0, 0.05) is 17.4 Å². The summed E-state index contributed by atoms with van der Waals surface area (Å²) in [5.41, 5.74) is 6.36. The van der Waals surface area contributed by atoms with E-state index in [2.05, 4.69) is 19.1 Å². The van der Waals surface area contributed by atoms with Crippen molar-refractivity contribution in [2.24, 2.45) is 5.73 Å². The van der Waals surface area contributed by atoms with E-state index in [1.54, 1.807) is 11.8 Å². The average Bonchev–Trinajstić information content (AvgIpc) is 2.18. The number of hydrogen-bond donors (Lipinski definition) is 1. The topological polar surface area (TPSA) is 43.1 Å². The Bertz CT molecular complexity index is 287. The molecule has 76 valence electrons. The lowest BCUT2D eigenvalue weighted by molar-refractivity contribution is -0.117. The van der Waals surface area contributed by atoms with Gasteiger partial charge in [-0.05, 0) is 12.5 Å². The highest BCUT2D eigenvalue weighted by atomic mass is 32.2. The Labute approximate surface area is 88.9 Å². The molecule has 0 heterocycles. The molecule has 2 nitrogen and oxygen atoms in total. The number of carbonyl (C=O) groups is 1. The van der Waals surface area contributed by atoms with Crippen LogP contribution in [0.2, 0.25) is 0 Å². The van der Waals surface area contributed by atoms with Gasteiger partial charge in [0.1, 0.15) is 0 Å². The van der Waals surface area contributed by atoms with Gasteiger partial charge in [-0.1, -0.05) is 30.3 Å². The zero-order chi connectivity index (χ0) is 10.4. The fourth-order valence-corrected chi connectivity index (χ4v) is 2.18. The van der Waals surface area contributed by atoms with Crippen LogP contribution in [0.5, 0.6) is 0 Å². The number of amides is 1. The van der Waals surface area contributed by atoms with Crippen molar-refractivity contribution in [1.82, 2.24) is 0 Å². The molecule has 1 rings (SSSR count). The molecule has 1 atom stereocenters. The molecule has 1 amide bonds. The van der Waals surface area contributed by atoms with E-state index in [4.69, 9.17) is 5.73 Å². The van der Waals surface area contributed by atoms with Gasteiger partial charge in [-0.15, -0.1) is 0 Å². The lowest BCUT2D eigenvalue weighted by Gasteiger charge is -2.10. The van der Waals surface area contributed by atoms with Crippen molar-refractivity contribution in [1.29, 1.82) is 0 Å². The summed E-state index contributed by atoms with van der Waals surface area (Å²) < 4.78 is 0. The third kappa shape index (κ3) is 3.83. The molecule has 3 heteroatoms. The highest BCUT2D eigenvalue weighted by molar-refractivity contribution is 7.99. The number of thioether (sulfide) groups is 1. The molecule has 2 N–H and O–H groups in total. The molecule has 0 saturated carbocycles. The molecule has 0 saturated heterocycles. The molecule has 0 radical (unpaired) electrons. The van der Waals surface area contributed by atoms with Gasteiger partial charge < -0.3 is 5.73 Å². The molecule has 0 spiro atoms. The third-order valence-corrected chi connectivity index (χ3v) is 3.20. The fraction of sp³-hybridized carbons (Fsp3) is 0.364. The molecular weight excluding hydrogens is 194 g/mol. The second kappa shape index (κ2) is 5.70. The molecular formula is C11H15NOS. The lowest BCUT2D eigenvalue weighted by atomic mass is 10.2. The Morgan fingerprint density at radius 3 is 2.64 bits per heavy atom. The highest BCUT2D eigenvalue weighted by Gasteiger charge is 2.05. The zero-order valence-electron chi connectivity index (χ0n) is 8.27. The quantitative estimate of drug-likeness (QED) is 0.809. The summed E-state index contributed by atoms with van der Waals surface area (Å²) in [4.78, 5) is 10.5. The van der Waals surface area contributed by atoms with Crippen LogP contribution in [0.4, 0.5) is 0 Å². The van der Waals surface area contributed by atoms with Crippen LogP contribution in [0.1, 0.15) is 24.2 Å². The van der Waals surface area contributed by atoms with Crippen LogP contribution in [0.25, 0.3) is 0 Å². The van der Waals surface area contributed by atoms with Crippen molar-refractivity contribution in [2.45, 2.75) is 18.6 Å². The number of hydrogen-bond acceptors (Lipinski definition) is 2. The summed E-state index contributed by atoms with van der Waals surface area (Å²) >= 11 is 1.76. The molecule has 0 fully saturated rings. The number of rotatable bonds is 5. The third-order valence-electron chi connectivity index (χ3n) is 1.99. The minimum Gasteiger partial charge on any atom is -0.370 e. The SMILES string of the molecule is CC(SCCC(N)=O)c1ccccc1. The smallest absolute Gasteiger partial charge is 0.218 e. The van der Waals surface area contributed by atoms with E-state index < -0.39 is 0 Å².